The Morgan fingerprint density at radius 2 is 2.29 bits per heavy atom. The molecule has 0 N–H and O–H groups in total. The van der Waals surface area contributed by atoms with Crippen LogP contribution in [-0.4, -0.2) is 5.78 Å². The van der Waals surface area contributed by atoms with Gasteiger partial charge in [-0.05, 0) is 19.9 Å². The molecule has 1 heterocycles. The van der Waals surface area contributed by atoms with Gasteiger partial charge in [0.1, 0.15) is 5.76 Å². The van der Waals surface area contributed by atoms with E-state index in [1.54, 1.807) is 0 Å². The molecule has 14 heavy (non-hydrogen) atoms. The van der Waals surface area contributed by atoms with E-state index >= 15 is 0 Å². The molecule has 1 aliphatic heterocycles. The molecule has 2 aliphatic rings. The topological polar surface area (TPSA) is 26.3 Å². The van der Waals surface area contributed by atoms with Crippen molar-refractivity contribution in [3.8, 4) is 0 Å². The van der Waals surface area contributed by atoms with E-state index in [0.717, 1.165) is 23.5 Å². The van der Waals surface area contributed by atoms with Crippen LogP contribution in [0.1, 0.15) is 26.7 Å². The number of rotatable bonds is 1. The molecular formula is C12H14O2. The van der Waals surface area contributed by atoms with Crippen LogP contribution in [0.15, 0.2) is 35.3 Å². The summed E-state index contributed by atoms with van der Waals surface area (Å²) in [6.45, 7) is 3.90. The normalized spacial score (nSPS) is 26.6. The Bertz CT molecular complexity index is 359. The van der Waals surface area contributed by atoms with E-state index in [4.69, 9.17) is 4.74 Å². The Kier molecular flexibility index (Phi) is 2.28. The Hall–Kier alpha value is -1.31. The summed E-state index contributed by atoms with van der Waals surface area (Å²) >= 11 is 0. The van der Waals surface area contributed by atoms with Crippen molar-refractivity contribution in [2.45, 2.75) is 26.7 Å². The molecule has 0 bridgehead atoms. The lowest BCUT2D eigenvalue weighted by Gasteiger charge is -2.19. The Morgan fingerprint density at radius 1 is 1.50 bits per heavy atom. The molecular weight excluding hydrogens is 176 g/mol. The number of carbonyl (C=O) groups is 1. The number of hydrogen-bond donors (Lipinski definition) is 0. The quantitative estimate of drug-likeness (QED) is 0.594. The van der Waals surface area contributed by atoms with Crippen molar-refractivity contribution in [3.05, 3.63) is 35.3 Å². The number of ketones is 1. The van der Waals surface area contributed by atoms with Gasteiger partial charge in [0.2, 0.25) is 0 Å². The van der Waals surface area contributed by atoms with E-state index in [-0.39, 0.29) is 11.7 Å². The van der Waals surface area contributed by atoms with E-state index in [0.29, 0.717) is 6.42 Å². The molecule has 0 saturated heterocycles. The predicted molar refractivity (Wildman–Crippen MR) is 54.4 cm³/mol. The molecule has 0 aromatic carbocycles. The maximum atomic E-state index is 11.6. The fourth-order valence-corrected chi connectivity index (χ4v) is 2.05. The predicted octanol–water partition coefficient (Wildman–Crippen LogP) is 2.73. The van der Waals surface area contributed by atoms with Gasteiger partial charge in [-0.1, -0.05) is 12.2 Å². The largest absolute Gasteiger partial charge is 0.466 e. The van der Waals surface area contributed by atoms with Crippen molar-refractivity contribution >= 4 is 5.78 Å². The first kappa shape index (κ1) is 9.25. The minimum absolute atomic E-state index is 0.138. The lowest BCUT2D eigenvalue weighted by Crippen LogP contribution is -2.11. The number of Topliss-reactive ketones (excluding diaryl/α,β-unsaturated/α-hetero) is 1. The molecule has 2 rings (SSSR count). The van der Waals surface area contributed by atoms with Gasteiger partial charge >= 0.3 is 0 Å². The first-order valence-electron chi connectivity index (χ1n) is 4.97. The molecule has 2 nitrogen and oxygen atoms in total. The van der Waals surface area contributed by atoms with Gasteiger partial charge in [0.05, 0.1) is 5.76 Å². The summed E-state index contributed by atoms with van der Waals surface area (Å²) in [6.07, 6.45) is 7.41. The highest BCUT2D eigenvalue weighted by molar-refractivity contribution is 5.99. The third kappa shape index (κ3) is 1.41. The van der Waals surface area contributed by atoms with Crippen LogP contribution in [-0.2, 0) is 9.53 Å². The van der Waals surface area contributed by atoms with Gasteiger partial charge in [-0.25, -0.2) is 0 Å². The fourth-order valence-electron chi connectivity index (χ4n) is 2.05. The number of ether oxygens (including phenoxy) is 1. The van der Waals surface area contributed by atoms with Crippen molar-refractivity contribution < 1.29 is 9.53 Å². The molecule has 1 aliphatic carbocycles. The lowest BCUT2D eigenvalue weighted by molar-refractivity contribution is -0.115. The molecule has 0 aromatic rings. The maximum absolute atomic E-state index is 11.6. The summed E-state index contributed by atoms with van der Waals surface area (Å²) in [4.78, 5) is 11.6. The van der Waals surface area contributed by atoms with Crippen LogP contribution in [0.4, 0.5) is 0 Å². The van der Waals surface area contributed by atoms with E-state index in [9.17, 15) is 4.79 Å². The van der Waals surface area contributed by atoms with Crippen LogP contribution in [0, 0.1) is 5.92 Å². The molecule has 0 aromatic heterocycles. The summed E-state index contributed by atoms with van der Waals surface area (Å²) in [5.41, 5.74) is 0.869. The van der Waals surface area contributed by atoms with E-state index in [1.807, 2.05) is 32.1 Å². The molecule has 0 spiro atoms. The van der Waals surface area contributed by atoms with Crippen LogP contribution >= 0.6 is 0 Å². The Labute approximate surface area is 83.9 Å². The second kappa shape index (κ2) is 3.45. The molecule has 2 heteroatoms. The van der Waals surface area contributed by atoms with Crippen LogP contribution in [0.5, 0.6) is 0 Å². The second-order valence-electron chi connectivity index (χ2n) is 3.69. The molecule has 0 radical (unpaired) electrons. The highest BCUT2D eigenvalue weighted by Gasteiger charge is 2.31. The first-order chi connectivity index (χ1) is 6.72. The van der Waals surface area contributed by atoms with Crippen LogP contribution in [0.2, 0.25) is 0 Å². The van der Waals surface area contributed by atoms with E-state index in [2.05, 4.69) is 0 Å². The summed E-state index contributed by atoms with van der Waals surface area (Å²) < 4.78 is 5.54. The number of carbonyl (C=O) groups excluding carboxylic acids is 1. The van der Waals surface area contributed by atoms with Gasteiger partial charge in [0.25, 0.3) is 0 Å². The summed E-state index contributed by atoms with van der Waals surface area (Å²) in [7, 11) is 0. The standard InChI is InChI=1S/C12H14O2/c1-3-4-9-7-8(2)14-11-6-5-10(13)12(9)11/h3-4,7,9H,5-6H2,1-2H3/b4-3+. The lowest BCUT2D eigenvalue weighted by atomic mass is 9.94. The average molecular weight is 190 g/mol. The zero-order valence-electron chi connectivity index (χ0n) is 8.54. The summed E-state index contributed by atoms with van der Waals surface area (Å²) in [5, 5.41) is 0. The molecule has 74 valence electrons. The van der Waals surface area contributed by atoms with Gasteiger partial charge in [0.15, 0.2) is 5.78 Å². The van der Waals surface area contributed by atoms with Gasteiger partial charge < -0.3 is 4.74 Å². The summed E-state index contributed by atoms with van der Waals surface area (Å²) in [5.74, 6) is 2.17. The highest BCUT2D eigenvalue weighted by Crippen LogP contribution is 2.36. The van der Waals surface area contributed by atoms with Gasteiger partial charge in [-0.15, -0.1) is 0 Å². The first-order valence-corrected chi connectivity index (χ1v) is 4.97. The third-order valence-corrected chi connectivity index (χ3v) is 2.61. The zero-order chi connectivity index (χ0) is 10.1. The van der Waals surface area contributed by atoms with Crippen molar-refractivity contribution in [2.24, 2.45) is 5.92 Å². The minimum atomic E-state index is 0.138. The van der Waals surface area contributed by atoms with Crippen molar-refractivity contribution in [1.29, 1.82) is 0 Å². The molecule has 0 amide bonds. The van der Waals surface area contributed by atoms with E-state index in [1.165, 1.54) is 0 Å². The minimum Gasteiger partial charge on any atom is -0.466 e. The summed E-state index contributed by atoms with van der Waals surface area (Å²) in [6, 6.07) is 0. The monoisotopic (exact) mass is 190 g/mol. The number of hydrogen-bond acceptors (Lipinski definition) is 2. The number of allylic oxidation sites excluding steroid dienone is 6. The van der Waals surface area contributed by atoms with Gasteiger partial charge in [-0.2, -0.15) is 0 Å². The molecule has 0 saturated carbocycles. The highest BCUT2D eigenvalue weighted by atomic mass is 16.5. The fraction of sp³-hybridized carbons (Fsp3) is 0.417. The van der Waals surface area contributed by atoms with Crippen LogP contribution in [0.3, 0.4) is 0 Å². The zero-order valence-corrected chi connectivity index (χ0v) is 8.54. The molecule has 1 atom stereocenters. The van der Waals surface area contributed by atoms with Gasteiger partial charge in [-0.3, -0.25) is 4.79 Å². The average Bonchev–Trinajstić information content (AvgIpc) is 2.48. The van der Waals surface area contributed by atoms with Gasteiger partial charge in [0, 0.05) is 24.3 Å². The second-order valence-corrected chi connectivity index (χ2v) is 3.69. The van der Waals surface area contributed by atoms with Crippen molar-refractivity contribution in [2.75, 3.05) is 0 Å². The molecule has 1 unspecified atom stereocenters. The van der Waals surface area contributed by atoms with Crippen molar-refractivity contribution in [3.63, 3.8) is 0 Å². The Morgan fingerprint density at radius 3 is 3.00 bits per heavy atom. The Balaban J connectivity index is 2.37. The molecule has 0 fully saturated rings. The van der Waals surface area contributed by atoms with Crippen molar-refractivity contribution in [1.82, 2.24) is 0 Å². The van der Waals surface area contributed by atoms with E-state index < -0.39 is 0 Å². The van der Waals surface area contributed by atoms with Crippen LogP contribution in [0.25, 0.3) is 0 Å². The third-order valence-electron chi connectivity index (χ3n) is 2.61. The maximum Gasteiger partial charge on any atom is 0.163 e. The SMILES string of the molecule is C/C=C/C1C=C(C)OC2=C1C(=O)CC2. The van der Waals surface area contributed by atoms with Crippen LogP contribution < -0.4 is 0 Å². The smallest absolute Gasteiger partial charge is 0.163 e.